The Morgan fingerprint density at radius 3 is 2.43 bits per heavy atom. The molecule has 0 amide bonds. The van der Waals surface area contributed by atoms with Crippen LogP contribution in [0.2, 0.25) is 0 Å². The minimum atomic E-state index is 0.375. The monoisotopic (exact) mass is 278 g/mol. The number of benzene rings is 2. The Hall–Kier alpha value is -2.06. The molecule has 1 unspecified atom stereocenters. The minimum absolute atomic E-state index is 0.375. The van der Waals surface area contributed by atoms with Gasteiger partial charge in [0.1, 0.15) is 0 Å². The first-order chi connectivity index (χ1) is 10.3. The highest BCUT2D eigenvalue weighted by Crippen LogP contribution is 2.23. The van der Waals surface area contributed by atoms with Crippen molar-refractivity contribution in [1.29, 1.82) is 0 Å². The third kappa shape index (κ3) is 3.01. The molecule has 0 spiro atoms. The Morgan fingerprint density at radius 1 is 0.952 bits per heavy atom. The number of rotatable bonds is 5. The van der Waals surface area contributed by atoms with Crippen molar-refractivity contribution in [2.45, 2.75) is 26.4 Å². The number of aromatic nitrogens is 1. The number of H-pyrrole nitrogens is 1. The number of nitrogens with one attached hydrogen (secondary N) is 2. The van der Waals surface area contributed by atoms with E-state index in [4.69, 9.17) is 0 Å². The molecule has 0 radical (unpaired) electrons. The molecule has 0 fully saturated rings. The van der Waals surface area contributed by atoms with Crippen molar-refractivity contribution in [3.8, 4) is 0 Å². The van der Waals surface area contributed by atoms with E-state index in [-0.39, 0.29) is 0 Å². The Morgan fingerprint density at radius 2 is 1.67 bits per heavy atom. The molecule has 0 saturated heterocycles. The topological polar surface area (TPSA) is 27.8 Å². The summed E-state index contributed by atoms with van der Waals surface area (Å²) in [6.45, 7) is 5.40. The lowest BCUT2D eigenvalue weighted by Crippen LogP contribution is -2.25. The van der Waals surface area contributed by atoms with E-state index in [0.717, 1.165) is 6.54 Å². The van der Waals surface area contributed by atoms with Crippen LogP contribution in [0.3, 0.4) is 0 Å². The summed E-state index contributed by atoms with van der Waals surface area (Å²) in [5.41, 5.74) is 3.88. The molecule has 108 valence electrons. The normalized spacial score (nSPS) is 12.9. The van der Waals surface area contributed by atoms with Gasteiger partial charge < -0.3 is 10.3 Å². The van der Waals surface area contributed by atoms with Gasteiger partial charge in [-0.1, -0.05) is 62.4 Å². The van der Waals surface area contributed by atoms with Gasteiger partial charge in [-0.2, -0.15) is 0 Å². The predicted molar refractivity (Wildman–Crippen MR) is 89.2 cm³/mol. The van der Waals surface area contributed by atoms with Crippen LogP contribution in [0.25, 0.3) is 10.9 Å². The molecule has 0 saturated carbocycles. The summed E-state index contributed by atoms with van der Waals surface area (Å²) in [7, 11) is 0. The number of hydrogen-bond acceptors (Lipinski definition) is 1. The maximum absolute atomic E-state index is 3.71. The fourth-order valence-corrected chi connectivity index (χ4v) is 2.90. The van der Waals surface area contributed by atoms with Crippen LogP contribution in [0.15, 0.2) is 60.8 Å². The molecular formula is C19H22N2. The second-order valence-electron chi connectivity index (χ2n) is 5.87. The molecule has 2 heteroatoms. The van der Waals surface area contributed by atoms with E-state index in [9.17, 15) is 0 Å². The van der Waals surface area contributed by atoms with E-state index in [0.29, 0.717) is 12.0 Å². The third-order valence-electron chi connectivity index (χ3n) is 4.01. The molecule has 2 N–H and O–H groups in total. The summed E-state index contributed by atoms with van der Waals surface area (Å²) >= 11 is 0. The van der Waals surface area contributed by atoms with Crippen LogP contribution in [-0.4, -0.2) is 4.98 Å². The van der Waals surface area contributed by atoms with Crippen molar-refractivity contribution >= 4 is 10.9 Å². The molecule has 0 aliphatic heterocycles. The molecule has 2 nitrogen and oxygen atoms in total. The average molecular weight is 278 g/mol. The number of fused-ring (bicyclic) bond motifs is 1. The lowest BCUT2D eigenvalue weighted by Gasteiger charge is -2.23. The Bertz CT molecular complexity index is 698. The van der Waals surface area contributed by atoms with E-state index >= 15 is 0 Å². The second kappa shape index (κ2) is 6.15. The molecule has 21 heavy (non-hydrogen) atoms. The average Bonchev–Trinajstić information content (AvgIpc) is 2.92. The standard InChI is InChI=1S/C19H22N2/c1-14(2)19(15-8-4-3-5-9-15)21-13-16-12-20-18-11-7-6-10-17(16)18/h3-12,14,19-21H,13H2,1-2H3. The molecule has 1 aromatic heterocycles. The highest BCUT2D eigenvalue weighted by Gasteiger charge is 2.15. The van der Waals surface area contributed by atoms with Gasteiger partial charge in [-0.15, -0.1) is 0 Å². The number of para-hydroxylation sites is 1. The summed E-state index contributed by atoms with van der Waals surface area (Å²) in [6.07, 6.45) is 2.11. The SMILES string of the molecule is CC(C)C(NCc1c[nH]c2ccccc12)c1ccccc1. The molecule has 1 heterocycles. The van der Waals surface area contributed by atoms with Crippen LogP contribution in [0.5, 0.6) is 0 Å². The van der Waals surface area contributed by atoms with Gasteiger partial charge in [-0.3, -0.25) is 0 Å². The molecule has 3 aromatic rings. The molecule has 2 aromatic carbocycles. The van der Waals surface area contributed by atoms with Gasteiger partial charge in [-0.25, -0.2) is 0 Å². The van der Waals surface area contributed by atoms with Gasteiger partial charge >= 0.3 is 0 Å². The largest absolute Gasteiger partial charge is 0.361 e. The molecule has 1 atom stereocenters. The van der Waals surface area contributed by atoms with E-state index < -0.39 is 0 Å². The summed E-state index contributed by atoms with van der Waals surface area (Å²) in [4.78, 5) is 3.34. The lowest BCUT2D eigenvalue weighted by atomic mass is 9.96. The zero-order chi connectivity index (χ0) is 14.7. The first-order valence-corrected chi connectivity index (χ1v) is 7.59. The van der Waals surface area contributed by atoms with Gasteiger partial charge in [0.2, 0.25) is 0 Å². The number of hydrogen-bond donors (Lipinski definition) is 2. The Kier molecular flexibility index (Phi) is 4.07. The van der Waals surface area contributed by atoms with Crippen molar-refractivity contribution in [2.75, 3.05) is 0 Å². The third-order valence-corrected chi connectivity index (χ3v) is 4.01. The summed E-state index contributed by atoms with van der Waals surface area (Å²) in [5.74, 6) is 0.553. The van der Waals surface area contributed by atoms with Gasteiger partial charge in [-0.05, 0) is 23.1 Å². The number of aromatic amines is 1. The van der Waals surface area contributed by atoms with Crippen LogP contribution < -0.4 is 5.32 Å². The quantitative estimate of drug-likeness (QED) is 0.698. The first kappa shape index (κ1) is 13.9. The van der Waals surface area contributed by atoms with Crippen LogP contribution in [0.1, 0.15) is 31.0 Å². The maximum atomic E-state index is 3.71. The van der Waals surface area contributed by atoms with Gasteiger partial charge in [0.05, 0.1) is 0 Å². The Balaban J connectivity index is 1.79. The molecular weight excluding hydrogens is 256 g/mol. The van der Waals surface area contributed by atoms with E-state index in [1.54, 1.807) is 0 Å². The predicted octanol–water partition coefficient (Wildman–Crippen LogP) is 4.65. The smallest absolute Gasteiger partial charge is 0.0457 e. The van der Waals surface area contributed by atoms with Crippen molar-refractivity contribution in [1.82, 2.24) is 10.3 Å². The van der Waals surface area contributed by atoms with E-state index in [2.05, 4.69) is 84.9 Å². The van der Waals surface area contributed by atoms with E-state index in [1.807, 2.05) is 0 Å². The van der Waals surface area contributed by atoms with Crippen LogP contribution in [0.4, 0.5) is 0 Å². The zero-order valence-corrected chi connectivity index (χ0v) is 12.6. The van der Waals surface area contributed by atoms with Crippen molar-refractivity contribution in [3.63, 3.8) is 0 Å². The van der Waals surface area contributed by atoms with Crippen molar-refractivity contribution < 1.29 is 0 Å². The molecule has 0 aliphatic rings. The molecule has 0 bridgehead atoms. The van der Waals surface area contributed by atoms with Gasteiger partial charge in [0.15, 0.2) is 0 Å². The molecule has 0 aliphatic carbocycles. The molecule has 3 rings (SSSR count). The van der Waals surface area contributed by atoms with Crippen LogP contribution >= 0.6 is 0 Å². The Labute approximate surface area is 126 Å². The van der Waals surface area contributed by atoms with Crippen LogP contribution in [0, 0.1) is 5.92 Å². The highest BCUT2D eigenvalue weighted by atomic mass is 14.9. The maximum Gasteiger partial charge on any atom is 0.0457 e. The van der Waals surface area contributed by atoms with Gasteiger partial charge in [0, 0.05) is 29.7 Å². The zero-order valence-electron chi connectivity index (χ0n) is 12.6. The minimum Gasteiger partial charge on any atom is -0.361 e. The van der Waals surface area contributed by atoms with Crippen LogP contribution in [-0.2, 0) is 6.54 Å². The lowest BCUT2D eigenvalue weighted by molar-refractivity contribution is 0.411. The highest BCUT2D eigenvalue weighted by molar-refractivity contribution is 5.82. The summed E-state index contributed by atoms with van der Waals surface area (Å²) in [6, 6.07) is 19.5. The first-order valence-electron chi connectivity index (χ1n) is 7.59. The second-order valence-corrected chi connectivity index (χ2v) is 5.87. The van der Waals surface area contributed by atoms with E-state index in [1.165, 1.54) is 22.0 Å². The summed E-state index contributed by atoms with van der Waals surface area (Å²) in [5, 5.41) is 5.02. The fraction of sp³-hybridized carbons (Fsp3) is 0.263. The summed E-state index contributed by atoms with van der Waals surface area (Å²) < 4.78 is 0. The van der Waals surface area contributed by atoms with Crippen molar-refractivity contribution in [2.24, 2.45) is 5.92 Å². The van der Waals surface area contributed by atoms with Crippen molar-refractivity contribution in [3.05, 3.63) is 71.9 Å². The van der Waals surface area contributed by atoms with Gasteiger partial charge in [0.25, 0.3) is 0 Å². The fourth-order valence-electron chi connectivity index (χ4n) is 2.90.